The Kier molecular flexibility index (Phi) is 15.0. The largest absolute Gasteiger partial charge is 0.487 e. The molecule has 0 saturated carbocycles. The molecule has 0 saturated heterocycles. The first-order chi connectivity index (χ1) is 31.7. The minimum absolute atomic E-state index is 0.371. The van der Waals surface area contributed by atoms with Gasteiger partial charge in [-0.1, -0.05) is 68.1 Å². The Hall–Kier alpha value is -5.74. The van der Waals surface area contributed by atoms with Crippen molar-refractivity contribution in [1.29, 1.82) is 0 Å². The predicted molar refractivity (Wildman–Crippen MR) is 289 cm³/mol. The van der Waals surface area contributed by atoms with Crippen molar-refractivity contribution < 1.29 is 18.9 Å². The zero-order chi connectivity index (χ0) is 50.3. The van der Waals surface area contributed by atoms with Gasteiger partial charge in [0.15, 0.2) is 0 Å². The van der Waals surface area contributed by atoms with Crippen LogP contribution in [-0.2, 0) is 30.5 Å². The summed E-state index contributed by atoms with van der Waals surface area (Å²) in [6.07, 6.45) is 4.54. The summed E-state index contributed by atoms with van der Waals surface area (Å²) in [5.74, 6) is 3.73. The van der Waals surface area contributed by atoms with E-state index in [-0.39, 0.29) is 5.60 Å². The standard InChI is InChI=1S/C64H80O4/c1-21-49-23-27-51(28-24-49)37-61(13,14)65-57-39(3)31-53(32-40(57)4)63(17,18)67-59-43(7)35-55(45(9)47(59)11)56-36-44(8)60(48(12)46(56)10)68-64(19,20)54-33-41(5)58(42(6)34-54)66-62(15,16)38-52-29-25-50(22-2)26-30-52/h21,23-36H,1,22,37-38H2,2-20H3. The third-order valence-corrected chi connectivity index (χ3v) is 14.0. The minimum Gasteiger partial charge on any atom is -0.487 e. The van der Waals surface area contributed by atoms with E-state index in [1.54, 1.807) is 0 Å². The Balaban J connectivity index is 1.21. The van der Waals surface area contributed by atoms with Gasteiger partial charge in [-0.15, -0.1) is 0 Å². The number of benzene rings is 6. The lowest BCUT2D eigenvalue weighted by atomic mass is 9.87. The third-order valence-electron chi connectivity index (χ3n) is 14.0. The predicted octanol–water partition coefficient (Wildman–Crippen LogP) is 17.1. The van der Waals surface area contributed by atoms with Gasteiger partial charge in [-0.3, -0.25) is 0 Å². The number of ether oxygens (including phenoxy) is 4. The molecular formula is C64H80O4. The monoisotopic (exact) mass is 913 g/mol. The van der Waals surface area contributed by atoms with Crippen molar-refractivity contribution >= 4 is 6.08 Å². The van der Waals surface area contributed by atoms with Gasteiger partial charge in [0.2, 0.25) is 0 Å². The Morgan fingerprint density at radius 2 is 0.706 bits per heavy atom. The highest BCUT2D eigenvalue weighted by Gasteiger charge is 2.31. The molecule has 360 valence electrons. The molecule has 0 fully saturated rings. The van der Waals surface area contributed by atoms with Crippen LogP contribution in [0.4, 0.5) is 0 Å². The van der Waals surface area contributed by atoms with Crippen molar-refractivity contribution in [3.8, 4) is 34.1 Å². The molecular weight excluding hydrogens is 833 g/mol. The van der Waals surface area contributed by atoms with Gasteiger partial charge in [-0.05, 0) is 268 Å². The average Bonchev–Trinajstić information content (AvgIpc) is 3.26. The maximum absolute atomic E-state index is 7.07. The van der Waals surface area contributed by atoms with Crippen LogP contribution in [-0.4, -0.2) is 11.2 Å². The first-order valence-corrected chi connectivity index (χ1v) is 24.7. The summed E-state index contributed by atoms with van der Waals surface area (Å²) in [5, 5.41) is 0. The minimum atomic E-state index is -0.600. The molecule has 4 heteroatoms. The Labute approximate surface area is 411 Å². The average molecular weight is 913 g/mol. The molecule has 0 amide bonds. The zero-order valence-electron chi connectivity index (χ0n) is 45.1. The number of hydrogen-bond donors (Lipinski definition) is 0. The van der Waals surface area contributed by atoms with Crippen LogP contribution in [0, 0.1) is 69.2 Å². The molecule has 0 bridgehead atoms. The molecule has 0 unspecified atom stereocenters. The topological polar surface area (TPSA) is 36.9 Å². The molecule has 0 N–H and O–H groups in total. The van der Waals surface area contributed by atoms with Gasteiger partial charge in [0.1, 0.15) is 45.4 Å². The lowest BCUT2D eigenvalue weighted by Gasteiger charge is -2.33. The quantitative estimate of drug-likeness (QED) is 0.0914. The van der Waals surface area contributed by atoms with Crippen molar-refractivity contribution in [2.45, 2.75) is 173 Å². The lowest BCUT2D eigenvalue weighted by molar-refractivity contribution is 0.102. The Morgan fingerprint density at radius 3 is 1.03 bits per heavy atom. The molecule has 0 radical (unpaired) electrons. The highest BCUT2D eigenvalue weighted by Crippen LogP contribution is 2.44. The molecule has 0 spiro atoms. The van der Waals surface area contributed by atoms with Gasteiger partial charge in [0, 0.05) is 12.8 Å². The molecule has 6 aromatic carbocycles. The normalized spacial score (nSPS) is 12.3. The highest BCUT2D eigenvalue weighted by molar-refractivity contribution is 5.77. The summed E-state index contributed by atoms with van der Waals surface area (Å²) in [4.78, 5) is 0. The van der Waals surface area contributed by atoms with Crippen LogP contribution in [0.1, 0.15) is 151 Å². The molecule has 0 aliphatic carbocycles. The Bertz CT molecular complexity index is 2770. The van der Waals surface area contributed by atoms with Gasteiger partial charge < -0.3 is 18.9 Å². The molecule has 6 rings (SSSR count). The van der Waals surface area contributed by atoms with Gasteiger partial charge in [-0.2, -0.15) is 0 Å². The van der Waals surface area contributed by atoms with Gasteiger partial charge >= 0.3 is 0 Å². The summed E-state index contributed by atoms with van der Waals surface area (Å²) in [7, 11) is 0. The van der Waals surface area contributed by atoms with Crippen LogP contribution in [0.3, 0.4) is 0 Å². The summed E-state index contributed by atoms with van der Waals surface area (Å²) in [5.41, 5.74) is 19.0. The van der Waals surface area contributed by atoms with E-state index in [1.165, 1.54) is 38.9 Å². The second-order valence-corrected chi connectivity index (χ2v) is 21.9. The molecule has 0 aliphatic rings. The number of rotatable bonds is 17. The van der Waals surface area contributed by atoms with Crippen LogP contribution in [0.5, 0.6) is 23.0 Å². The van der Waals surface area contributed by atoms with Crippen LogP contribution in [0.15, 0.2) is 91.5 Å². The maximum atomic E-state index is 7.07. The first kappa shape index (κ1) is 51.6. The van der Waals surface area contributed by atoms with E-state index in [9.17, 15) is 0 Å². The van der Waals surface area contributed by atoms with E-state index in [1.807, 2.05) is 6.08 Å². The second kappa shape index (κ2) is 19.7. The smallest absolute Gasteiger partial charge is 0.128 e. The van der Waals surface area contributed by atoms with E-state index in [0.29, 0.717) is 0 Å². The van der Waals surface area contributed by atoms with Crippen LogP contribution < -0.4 is 18.9 Å². The fraction of sp³-hybridized carbons (Fsp3) is 0.406. The van der Waals surface area contributed by atoms with Crippen molar-refractivity contribution in [1.82, 2.24) is 0 Å². The highest BCUT2D eigenvalue weighted by atomic mass is 16.5. The molecule has 4 nitrogen and oxygen atoms in total. The van der Waals surface area contributed by atoms with Gasteiger partial charge in [0.05, 0.1) is 0 Å². The van der Waals surface area contributed by atoms with Crippen molar-refractivity contribution in [2.75, 3.05) is 0 Å². The van der Waals surface area contributed by atoms with Crippen molar-refractivity contribution in [3.05, 3.63) is 181 Å². The zero-order valence-corrected chi connectivity index (χ0v) is 45.1. The summed E-state index contributed by atoms with van der Waals surface area (Å²) in [6, 6.07) is 31.0. The Morgan fingerprint density at radius 1 is 0.397 bits per heavy atom. The number of aryl methyl sites for hydroxylation is 7. The van der Waals surface area contributed by atoms with Crippen molar-refractivity contribution in [2.24, 2.45) is 0 Å². The second-order valence-electron chi connectivity index (χ2n) is 21.9. The number of hydrogen-bond acceptors (Lipinski definition) is 4. The molecule has 6 aromatic rings. The fourth-order valence-corrected chi connectivity index (χ4v) is 9.81. The van der Waals surface area contributed by atoms with E-state index in [0.717, 1.165) is 103 Å². The molecule has 0 aromatic heterocycles. The van der Waals surface area contributed by atoms with Gasteiger partial charge in [-0.25, -0.2) is 0 Å². The lowest BCUT2D eigenvalue weighted by Crippen LogP contribution is -2.32. The maximum Gasteiger partial charge on any atom is 0.128 e. The van der Waals surface area contributed by atoms with E-state index < -0.39 is 16.8 Å². The molecule has 0 heterocycles. The SMILES string of the molecule is C=Cc1ccc(CC(C)(C)Oc2c(C)cc(C(C)(C)Oc3c(C)cc(-c4cc(C)c(OC(C)(C)c5cc(C)c(OC(C)(C)Cc6ccc(CC)cc6)c(C)c5)c(C)c4C)c(C)c3C)cc2C)cc1. The molecule has 0 aliphatic heterocycles. The summed E-state index contributed by atoms with van der Waals surface area (Å²) < 4.78 is 27.7. The first-order valence-electron chi connectivity index (χ1n) is 24.7. The molecule has 0 atom stereocenters. The van der Waals surface area contributed by atoms with Crippen LogP contribution in [0.2, 0.25) is 0 Å². The van der Waals surface area contributed by atoms with E-state index >= 15 is 0 Å². The fourth-order valence-electron chi connectivity index (χ4n) is 9.81. The van der Waals surface area contributed by atoms with E-state index in [4.69, 9.17) is 18.9 Å². The van der Waals surface area contributed by atoms with Crippen LogP contribution >= 0.6 is 0 Å². The third kappa shape index (κ3) is 11.4. The molecule has 68 heavy (non-hydrogen) atoms. The van der Waals surface area contributed by atoms with Crippen molar-refractivity contribution in [3.63, 3.8) is 0 Å². The van der Waals surface area contributed by atoms with Gasteiger partial charge in [0.25, 0.3) is 0 Å². The summed E-state index contributed by atoms with van der Waals surface area (Å²) in [6.45, 7) is 45.2. The summed E-state index contributed by atoms with van der Waals surface area (Å²) >= 11 is 0. The van der Waals surface area contributed by atoms with Crippen LogP contribution in [0.25, 0.3) is 17.2 Å². The van der Waals surface area contributed by atoms with E-state index in [2.05, 4.69) is 223 Å².